The molecule has 2 aromatic heterocycles. The Kier molecular flexibility index (Phi) is 3.15. The molecule has 0 amide bonds. The fraction of sp³-hybridized carbons (Fsp3) is 0.538. The van der Waals surface area contributed by atoms with Crippen molar-refractivity contribution in [3.8, 4) is 0 Å². The van der Waals surface area contributed by atoms with E-state index in [1.807, 2.05) is 31.6 Å². The van der Waals surface area contributed by atoms with E-state index in [4.69, 9.17) is 0 Å². The number of nitrogens with zero attached hydrogens (tertiary/aromatic N) is 3. The monoisotopic (exact) mass is 248 g/mol. The fourth-order valence-electron chi connectivity index (χ4n) is 2.24. The number of rotatable bonds is 3. The molecule has 0 aliphatic rings. The maximum Gasteiger partial charge on any atom is 0.263 e. The molecule has 18 heavy (non-hydrogen) atoms. The Labute approximate surface area is 106 Å². The van der Waals surface area contributed by atoms with Gasteiger partial charge in [-0.15, -0.1) is 0 Å². The fourth-order valence-corrected chi connectivity index (χ4v) is 2.24. The molecular weight excluding hydrogens is 228 g/mol. The number of hydrogen-bond acceptors (Lipinski definition) is 3. The number of aromatic nitrogens is 3. The van der Waals surface area contributed by atoms with Crippen LogP contribution < -0.4 is 10.9 Å². The van der Waals surface area contributed by atoms with E-state index in [-0.39, 0.29) is 17.6 Å². The van der Waals surface area contributed by atoms with Crippen LogP contribution in [-0.4, -0.2) is 21.4 Å². The van der Waals surface area contributed by atoms with Crippen molar-refractivity contribution in [2.75, 3.05) is 12.4 Å². The Morgan fingerprint density at radius 3 is 2.39 bits per heavy atom. The lowest BCUT2D eigenvalue weighted by atomic mass is 10.2. The predicted molar refractivity (Wildman–Crippen MR) is 74.3 cm³/mol. The lowest BCUT2D eigenvalue weighted by Gasteiger charge is -2.17. The maximum atomic E-state index is 12.5. The molecule has 98 valence electrons. The second-order valence-corrected chi connectivity index (χ2v) is 5.03. The van der Waals surface area contributed by atoms with Gasteiger partial charge in [0, 0.05) is 25.2 Å². The Morgan fingerprint density at radius 1 is 1.22 bits per heavy atom. The molecule has 0 saturated carbocycles. The van der Waals surface area contributed by atoms with Gasteiger partial charge in [0.05, 0.1) is 17.1 Å². The molecule has 2 aromatic rings. The molecule has 0 aromatic carbocycles. The van der Waals surface area contributed by atoms with Crippen LogP contribution >= 0.6 is 0 Å². The number of hydrogen-bond donors (Lipinski definition) is 1. The zero-order valence-corrected chi connectivity index (χ0v) is 11.6. The van der Waals surface area contributed by atoms with Gasteiger partial charge >= 0.3 is 0 Å². The van der Waals surface area contributed by atoms with Crippen LogP contribution in [0.3, 0.4) is 0 Å². The molecule has 0 saturated heterocycles. The highest BCUT2D eigenvalue weighted by Crippen LogP contribution is 2.20. The Bertz CT molecular complexity index is 622. The summed E-state index contributed by atoms with van der Waals surface area (Å²) < 4.78 is 3.64. The highest BCUT2D eigenvalue weighted by atomic mass is 16.1. The zero-order valence-electron chi connectivity index (χ0n) is 11.6. The van der Waals surface area contributed by atoms with Gasteiger partial charge in [-0.25, -0.2) is 0 Å². The van der Waals surface area contributed by atoms with Crippen LogP contribution in [0, 0.1) is 0 Å². The summed E-state index contributed by atoms with van der Waals surface area (Å²) in [6.45, 7) is 8.11. The first-order valence-electron chi connectivity index (χ1n) is 6.27. The van der Waals surface area contributed by atoms with E-state index in [9.17, 15) is 4.79 Å². The molecule has 0 spiro atoms. The first-order chi connectivity index (χ1) is 8.47. The molecule has 0 atom stereocenters. The Hall–Kier alpha value is -1.78. The van der Waals surface area contributed by atoms with E-state index < -0.39 is 0 Å². The van der Waals surface area contributed by atoms with Gasteiger partial charge in [-0.2, -0.15) is 5.10 Å². The van der Waals surface area contributed by atoms with Crippen molar-refractivity contribution < 1.29 is 0 Å². The van der Waals surface area contributed by atoms with Crippen LogP contribution in [-0.2, 0) is 0 Å². The van der Waals surface area contributed by atoms with Gasteiger partial charge < -0.3 is 5.32 Å². The third kappa shape index (κ3) is 1.79. The van der Waals surface area contributed by atoms with Crippen LogP contribution in [0.4, 0.5) is 5.82 Å². The molecule has 0 aliphatic carbocycles. The van der Waals surface area contributed by atoms with Crippen LogP contribution in [0.15, 0.2) is 17.1 Å². The quantitative estimate of drug-likeness (QED) is 0.907. The maximum absolute atomic E-state index is 12.5. The summed E-state index contributed by atoms with van der Waals surface area (Å²) in [5.74, 6) is 0.824. The average Bonchev–Trinajstić information content (AvgIpc) is 2.71. The van der Waals surface area contributed by atoms with Crippen LogP contribution in [0.2, 0.25) is 0 Å². The minimum atomic E-state index is 0.0127. The molecule has 0 bridgehead atoms. The third-order valence-electron chi connectivity index (χ3n) is 3.08. The number of anilines is 1. The van der Waals surface area contributed by atoms with E-state index in [0.717, 1.165) is 11.3 Å². The topological polar surface area (TPSA) is 51.9 Å². The van der Waals surface area contributed by atoms with Crippen LogP contribution in [0.5, 0.6) is 0 Å². The lowest BCUT2D eigenvalue weighted by molar-refractivity contribution is 0.549. The normalized spacial score (nSPS) is 11.7. The summed E-state index contributed by atoms with van der Waals surface area (Å²) in [6, 6.07) is 2.34. The first kappa shape index (κ1) is 12.7. The van der Waals surface area contributed by atoms with Crippen molar-refractivity contribution in [2.24, 2.45) is 0 Å². The molecule has 0 fully saturated rings. The summed E-state index contributed by atoms with van der Waals surface area (Å²) in [4.78, 5) is 12.5. The van der Waals surface area contributed by atoms with E-state index in [1.165, 1.54) is 0 Å². The van der Waals surface area contributed by atoms with Crippen molar-refractivity contribution in [3.63, 3.8) is 0 Å². The van der Waals surface area contributed by atoms with E-state index >= 15 is 0 Å². The van der Waals surface area contributed by atoms with Crippen molar-refractivity contribution in [2.45, 2.75) is 39.8 Å². The molecular formula is C13H20N4O. The van der Waals surface area contributed by atoms with Gasteiger partial charge in [0.15, 0.2) is 0 Å². The van der Waals surface area contributed by atoms with Gasteiger partial charge in [0.25, 0.3) is 5.56 Å². The minimum absolute atomic E-state index is 0.0127. The molecule has 2 rings (SSSR count). The molecule has 0 radical (unpaired) electrons. The van der Waals surface area contributed by atoms with Gasteiger partial charge in [0.1, 0.15) is 5.82 Å². The molecule has 0 unspecified atom stereocenters. The Morgan fingerprint density at radius 2 is 1.89 bits per heavy atom. The summed E-state index contributed by atoms with van der Waals surface area (Å²) >= 11 is 0. The van der Waals surface area contributed by atoms with E-state index in [0.29, 0.717) is 5.39 Å². The summed E-state index contributed by atoms with van der Waals surface area (Å²) in [7, 11) is 1.83. The van der Waals surface area contributed by atoms with Crippen molar-refractivity contribution in [1.29, 1.82) is 0 Å². The predicted octanol–water partition coefficient (Wildman–Crippen LogP) is 2.40. The van der Waals surface area contributed by atoms with Gasteiger partial charge in [0.2, 0.25) is 0 Å². The molecule has 5 heteroatoms. The number of pyridine rings is 1. The zero-order chi connectivity index (χ0) is 13.4. The van der Waals surface area contributed by atoms with E-state index in [1.54, 1.807) is 10.8 Å². The SMILES string of the molecule is CNc1cc2c(cnn2C(C)C)c(=O)n1C(C)C. The summed E-state index contributed by atoms with van der Waals surface area (Å²) in [5, 5.41) is 8.07. The molecule has 0 aliphatic heterocycles. The van der Waals surface area contributed by atoms with Crippen molar-refractivity contribution in [3.05, 3.63) is 22.6 Å². The second-order valence-electron chi connectivity index (χ2n) is 5.03. The highest BCUT2D eigenvalue weighted by Gasteiger charge is 2.15. The second kappa shape index (κ2) is 4.48. The largest absolute Gasteiger partial charge is 0.374 e. The smallest absolute Gasteiger partial charge is 0.263 e. The summed E-state index contributed by atoms with van der Waals surface area (Å²) in [6.07, 6.45) is 1.66. The first-order valence-corrected chi connectivity index (χ1v) is 6.27. The molecule has 5 nitrogen and oxygen atoms in total. The third-order valence-corrected chi connectivity index (χ3v) is 3.08. The lowest BCUT2D eigenvalue weighted by Crippen LogP contribution is -2.24. The molecule has 1 N–H and O–H groups in total. The molecule has 2 heterocycles. The van der Waals surface area contributed by atoms with Crippen LogP contribution in [0.25, 0.3) is 10.9 Å². The van der Waals surface area contributed by atoms with E-state index in [2.05, 4.69) is 24.3 Å². The average molecular weight is 248 g/mol. The number of nitrogens with one attached hydrogen (secondary N) is 1. The van der Waals surface area contributed by atoms with Gasteiger partial charge in [-0.05, 0) is 27.7 Å². The number of fused-ring (bicyclic) bond motifs is 1. The van der Waals surface area contributed by atoms with Crippen molar-refractivity contribution in [1.82, 2.24) is 14.3 Å². The highest BCUT2D eigenvalue weighted by molar-refractivity contribution is 5.80. The minimum Gasteiger partial charge on any atom is -0.374 e. The Balaban J connectivity index is 2.84. The van der Waals surface area contributed by atoms with Gasteiger partial charge in [-0.3, -0.25) is 14.0 Å². The van der Waals surface area contributed by atoms with Gasteiger partial charge in [-0.1, -0.05) is 0 Å². The van der Waals surface area contributed by atoms with Crippen LogP contribution in [0.1, 0.15) is 39.8 Å². The standard InChI is InChI=1S/C13H20N4O/c1-8(2)16-12(14-5)6-11-10(13(16)18)7-15-17(11)9(3)4/h6-9,14H,1-5H3. The summed E-state index contributed by atoms with van der Waals surface area (Å²) in [5.41, 5.74) is 0.898. The van der Waals surface area contributed by atoms with Crippen molar-refractivity contribution >= 4 is 16.7 Å².